The van der Waals surface area contributed by atoms with Crippen molar-refractivity contribution in [1.82, 2.24) is 9.97 Å². The van der Waals surface area contributed by atoms with E-state index in [1.807, 2.05) is 13.3 Å². The first-order valence-corrected chi connectivity index (χ1v) is 3.03. The second-order valence-corrected chi connectivity index (χ2v) is 1.75. The fourth-order valence-electron chi connectivity index (χ4n) is 0.609. The van der Waals surface area contributed by atoms with Crippen LogP contribution in [0.3, 0.4) is 0 Å². The lowest BCUT2D eigenvalue weighted by Crippen LogP contribution is -1.93. The van der Waals surface area contributed by atoms with Crippen molar-refractivity contribution in [1.29, 1.82) is 0 Å². The Kier molecular flexibility index (Phi) is 2.20. The van der Waals surface area contributed by atoms with Crippen LogP contribution < -0.4 is 4.74 Å². The number of methoxy groups -OCH3 is 1. The molecule has 0 spiro atoms. The molecule has 0 aliphatic rings. The van der Waals surface area contributed by atoms with Crippen LogP contribution in [-0.2, 0) is 0 Å². The van der Waals surface area contributed by atoms with Crippen molar-refractivity contribution < 1.29 is 4.74 Å². The van der Waals surface area contributed by atoms with Gasteiger partial charge in [0.2, 0.25) is 5.88 Å². The fourth-order valence-corrected chi connectivity index (χ4v) is 0.609. The van der Waals surface area contributed by atoms with Crippen LogP contribution in [0, 0.1) is 6.42 Å². The highest BCUT2D eigenvalue weighted by atomic mass is 16.5. The van der Waals surface area contributed by atoms with Gasteiger partial charge in [-0.3, -0.25) is 0 Å². The van der Waals surface area contributed by atoms with Gasteiger partial charge in [0, 0.05) is 18.7 Å². The van der Waals surface area contributed by atoms with E-state index in [0.29, 0.717) is 11.7 Å². The molecule has 0 atom stereocenters. The Balaban J connectivity index is 2.87. The molecule has 53 valence electrons. The maximum absolute atomic E-state index is 4.89. The van der Waals surface area contributed by atoms with E-state index in [9.17, 15) is 0 Å². The summed E-state index contributed by atoms with van der Waals surface area (Å²) in [6.07, 6.45) is 3.49. The number of hydrogen-bond donors (Lipinski definition) is 0. The van der Waals surface area contributed by atoms with Gasteiger partial charge in [-0.2, -0.15) is 4.98 Å². The van der Waals surface area contributed by atoms with Gasteiger partial charge >= 0.3 is 0 Å². The molecular formula is C7H9N2O. The standard InChI is InChI=1S/C7H9N2O/c1-3-6-8-5-4-7(9-6)10-2/h3-5H,1-2H3. The van der Waals surface area contributed by atoms with E-state index in [0.717, 1.165) is 0 Å². The molecule has 0 aromatic carbocycles. The van der Waals surface area contributed by atoms with Gasteiger partial charge in [-0.25, -0.2) is 4.98 Å². The van der Waals surface area contributed by atoms with Crippen molar-refractivity contribution in [2.45, 2.75) is 6.92 Å². The molecule has 1 radical (unpaired) electrons. The van der Waals surface area contributed by atoms with E-state index in [1.165, 1.54) is 0 Å². The molecule has 10 heavy (non-hydrogen) atoms. The van der Waals surface area contributed by atoms with Crippen LogP contribution in [0.4, 0.5) is 0 Å². The Hall–Kier alpha value is -1.12. The van der Waals surface area contributed by atoms with Crippen LogP contribution in [0.15, 0.2) is 12.3 Å². The van der Waals surface area contributed by atoms with Crippen LogP contribution >= 0.6 is 0 Å². The van der Waals surface area contributed by atoms with Gasteiger partial charge in [0.15, 0.2) is 0 Å². The third-order valence-electron chi connectivity index (χ3n) is 1.12. The molecule has 0 unspecified atom stereocenters. The smallest absolute Gasteiger partial charge is 0.216 e. The fraction of sp³-hybridized carbons (Fsp3) is 0.286. The first kappa shape index (κ1) is 6.99. The zero-order valence-corrected chi connectivity index (χ0v) is 6.03. The maximum Gasteiger partial charge on any atom is 0.216 e. The highest BCUT2D eigenvalue weighted by molar-refractivity contribution is 5.11. The Labute approximate surface area is 60.1 Å². The van der Waals surface area contributed by atoms with Crippen molar-refractivity contribution in [3.05, 3.63) is 24.5 Å². The average Bonchev–Trinajstić information content (AvgIpc) is 2.05. The highest BCUT2D eigenvalue weighted by Gasteiger charge is 1.93. The maximum atomic E-state index is 4.89. The third kappa shape index (κ3) is 1.43. The van der Waals surface area contributed by atoms with E-state index in [2.05, 4.69) is 9.97 Å². The van der Waals surface area contributed by atoms with Crippen LogP contribution in [0.2, 0.25) is 0 Å². The lowest BCUT2D eigenvalue weighted by Gasteiger charge is -1.97. The summed E-state index contributed by atoms with van der Waals surface area (Å²) in [4.78, 5) is 7.98. The molecule has 0 fully saturated rings. The molecule has 1 heterocycles. The van der Waals surface area contributed by atoms with Crippen molar-refractivity contribution in [3.8, 4) is 5.88 Å². The SMILES string of the molecule is C[CH]c1nccc(OC)n1. The molecule has 3 nitrogen and oxygen atoms in total. The average molecular weight is 137 g/mol. The Morgan fingerprint density at radius 2 is 2.40 bits per heavy atom. The van der Waals surface area contributed by atoms with E-state index < -0.39 is 0 Å². The number of rotatable bonds is 2. The van der Waals surface area contributed by atoms with E-state index >= 15 is 0 Å². The van der Waals surface area contributed by atoms with Crippen molar-refractivity contribution in [3.63, 3.8) is 0 Å². The number of nitrogens with zero attached hydrogens (tertiary/aromatic N) is 2. The van der Waals surface area contributed by atoms with Gasteiger partial charge in [0.05, 0.1) is 7.11 Å². The van der Waals surface area contributed by atoms with Gasteiger partial charge in [-0.1, -0.05) is 6.92 Å². The molecule has 0 saturated carbocycles. The summed E-state index contributed by atoms with van der Waals surface area (Å²) in [6.45, 7) is 1.88. The summed E-state index contributed by atoms with van der Waals surface area (Å²) >= 11 is 0. The number of ether oxygens (including phenoxy) is 1. The lowest BCUT2D eigenvalue weighted by molar-refractivity contribution is 0.396. The van der Waals surface area contributed by atoms with E-state index in [-0.39, 0.29) is 0 Å². The molecule has 3 heteroatoms. The molecule has 0 bridgehead atoms. The third-order valence-corrected chi connectivity index (χ3v) is 1.12. The molecule has 0 N–H and O–H groups in total. The molecule has 0 saturated heterocycles. The molecule has 1 aromatic rings. The summed E-state index contributed by atoms with van der Waals surface area (Å²) in [5.74, 6) is 1.29. The van der Waals surface area contributed by atoms with Crippen LogP contribution in [0.5, 0.6) is 5.88 Å². The summed E-state index contributed by atoms with van der Waals surface area (Å²) in [5, 5.41) is 0. The zero-order chi connectivity index (χ0) is 7.40. The van der Waals surface area contributed by atoms with Crippen LogP contribution in [0.25, 0.3) is 0 Å². The molecule has 0 aliphatic carbocycles. The van der Waals surface area contributed by atoms with Crippen molar-refractivity contribution in [2.24, 2.45) is 0 Å². The van der Waals surface area contributed by atoms with Crippen molar-refractivity contribution in [2.75, 3.05) is 7.11 Å². The van der Waals surface area contributed by atoms with Crippen molar-refractivity contribution >= 4 is 0 Å². The topological polar surface area (TPSA) is 35.0 Å². The van der Waals surface area contributed by atoms with E-state index in [1.54, 1.807) is 19.4 Å². The second-order valence-electron chi connectivity index (χ2n) is 1.75. The summed E-state index contributed by atoms with van der Waals surface area (Å²) in [5.41, 5.74) is 0. The number of aromatic nitrogens is 2. The highest BCUT2D eigenvalue weighted by Crippen LogP contribution is 2.03. The Bertz CT molecular complexity index is 193. The minimum Gasteiger partial charge on any atom is -0.481 e. The largest absolute Gasteiger partial charge is 0.481 e. The second kappa shape index (κ2) is 3.15. The minimum atomic E-state index is 0.600. The minimum absolute atomic E-state index is 0.600. The predicted molar refractivity (Wildman–Crippen MR) is 37.7 cm³/mol. The summed E-state index contributed by atoms with van der Waals surface area (Å²) in [7, 11) is 1.59. The lowest BCUT2D eigenvalue weighted by atomic mass is 10.4. The monoisotopic (exact) mass is 137 g/mol. The molecule has 0 aliphatic heterocycles. The van der Waals surface area contributed by atoms with Gasteiger partial charge in [-0.05, 0) is 0 Å². The van der Waals surface area contributed by atoms with E-state index in [4.69, 9.17) is 4.74 Å². The first-order valence-electron chi connectivity index (χ1n) is 3.03. The predicted octanol–water partition coefficient (Wildman–Crippen LogP) is 1.06. The van der Waals surface area contributed by atoms with Gasteiger partial charge in [0.1, 0.15) is 5.82 Å². The van der Waals surface area contributed by atoms with Gasteiger partial charge < -0.3 is 4.74 Å². The molecular weight excluding hydrogens is 128 g/mol. The number of hydrogen-bond acceptors (Lipinski definition) is 3. The molecule has 1 rings (SSSR count). The molecule has 0 amide bonds. The summed E-state index contributed by atoms with van der Waals surface area (Å²) < 4.78 is 4.89. The Morgan fingerprint density at radius 3 is 3.00 bits per heavy atom. The quantitative estimate of drug-likeness (QED) is 0.611. The van der Waals surface area contributed by atoms with Gasteiger partial charge in [0.25, 0.3) is 0 Å². The normalized spacial score (nSPS) is 9.40. The van der Waals surface area contributed by atoms with Crippen LogP contribution in [0.1, 0.15) is 12.7 Å². The zero-order valence-electron chi connectivity index (χ0n) is 6.03. The van der Waals surface area contributed by atoms with Crippen LogP contribution in [-0.4, -0.2) is 17.1 Å². The molecule has 1 aromatic heterocycles. The summed E-state index contributed by atoms with van der Waals surface area (Å²) in [6, 6.07) is 1.72. The Morgan fingerprint density at radius 1 is 1.60 bits per heavy atom. The first-order chi connectivity index (χ1) is 4.86. The van der Waals surface area contributed by atoms with Gasteiger partial charge in [-0.15, -0.1) is 0 Å².